The summed E-state index contributed by atoms with van der Waals surface area (Å²) >= 11 is 0. The van der Waals surface area contributed by atoms with Crippen LogP contribution in [0.2, 0.25) is 0 Å². The van der Waals surface area contributed by atoms with Crippen LogP contribution in [0.25, 0.3) is 11.1 Å². The number of rotatable bonds is 10. The topological polar surface area (TPSA) is 131 Å². The standard InChI is InChI=1S/C31H37N3O5/c1-19(28-26(35)16-31(2,3)17-27(28)36)34-25(29(32)37)14-8-9-15-33-30(38)39-18-24-22-12-6-4-10-20(22)21-11-5-7-13-23(21)24/h4-7,10-13,24-25,35H,8-9,14-18H2,1-3H3,(H2,32,37)(H,33,38). The number of alkyl carbamates (subject to hydrolysis) is 1. The van der Waals surface area contributed by atoms with Crippen LogP contribution < -0.4 is 11.1 Å². The molecule has 206 valence electrons. The molecule has 8 heteroatoms. The summed E-state index contributed by atoms with van der Waals surface area (Å²) in [5.74, 6) is -0.770. The van der Waals surface area contributed by atoms with E-state index in [1.165, 1.54) is 11.1 Å². The molecular weight excluding hydrogens is 494 g/mol. The molecule has 2 aliphatic carbocycles. The van der Waals surface area contributed by atoms with Crippen LogP contribution in [0, 0.1) is 5.41 Å². The van der Waals surface area contributed by atoms with Crippen LogP contribution in [-0.2, 0) is 14.3 Å². The van der Waals surface area contributed by atoms with Crippen molar-refractivity contribution < 1.29 is 24.2 Å². The SMILES string of the molecule is CC(=NC(CCCCNC(=O)OCC1c2ccccc2-c2ccccc21)C(N)=O)C1=C(O)CC(C)(C)CC1=O. The van der Waals surface area contributed by atoms with Gasteiger partial charge in [-0.2, -0.15) is 0 Å². The Morgan fingerprint density at radius 3 is 2.28 bits per heavy atom. The van der Waals surface area contributed by atoms with Gasteiger partial charge in [0, 0.05) is 31.0 Å². The van der Waals surface area contributed by atoms with E-state index in [1.54, 1.807) is 6.92 Å². The first kappa shape index (κ1) is 28.1. The summed E-state index contributed by atoms with van der Waals surface area (Å²) < 4.78 is 5.55. The Morgan fingerprint density at radius 2 is 1.69 bits per heavy atom. The molecule has 0 saturated carbocycles. The quantitative estimate of drug-likeness (QED) is 0.286. The molecule has 2 aromatic carbocycles. The second-order valence-corrected chi connectivity index (χ2v) is 11.1. The van der Waals surface area contributed by atoms with Gasteiger partial charge in [-0.3, -0.25) is 14.6 Å². The van der Waals surface area contributed by atoms with Gasteiger partial charge in [-0.05, 0) is 53.9 Å². The number of Topliss-reactive ketones (excluding diaryl/α,β-unsaturated/α-hetero) is 1. The van der Waals surface area contributed by atoms with E-state index in [0.717, 1.165) is 11.1 Å². The van der Waals surface area contributed by atoms with E-state index in [0.29, 0.717) is 44.4 Å². The van der Waals surface area contributed by atoms with E-state index in [1.807, 2.05) is 38.1 Å². The zero-order valence-corrected chi connectivity index (χ0v) is 22.8. The molecule has 0 radical (unpaired) electrons. The number of benzene rings is 2. The molecule has 2 amide bonds. The number of aliphatic imine (C=N–C) groups is 1. The number of nitrogens with one attached hydrogen (secondary N) is 1. The highest BCUT2D eigenvalue weighted by atomic mass is 16.5. The van der Waals surface area contributed by atoms with E-state index in [4.69, 9.17) is 10.5 Å². The number of hydrogen-bond donors (Lipinski definition) is 3. The summed E-state index contributed by atoms with van der Waals surface area (Å²) in [5, 5.41) is 13.2. The number of ether oxygens (including phenoxy) is 1. The Balaban J connectivity index is 1.24. The smallest absolute Gasteiger partial charge is 0.407 e. The Kier molecular flexibility index (Phi) is 8.53. The summed E-state index contributed by atoms with van der Waals surface area (Å²) in [6.07, 6.45) is 1.75. The summed E-state index contributed by atoms with van der Waals surface area (Å²) in [4.78, 5) is 41.3. The van der Waals surface area contributed by atoms with E-state index in [-0.39, 0.29) is 35.1 Å². The Bertz CT molecular complexity index is 1280. The van der Waals surface area contributed by atoms with Crippen molar-refractivity contribution in [1.29, 1.82) is 0 Å². The zero-order valence-electron chi connectivity index (χ0n) is 22.8. The molecule has 2 aromatic rings. The molecule has 1 atom stereocenters. The van der Waals surface area contributed by atoms with Crippen molar-refractivity contribution in [2.75, 3.05) is 13.2 Å². The molecule has 0 bridgehead atoms. The number of nitrogens with zero attached hydrogens (tertiary/aromatic N) is 1. The van der Waals surface area contributed by atoms with Crippen molar-refractivity contribution in [3.8, 4) is 11.1 Å². The fourth-order valence-corrected chi connectivity index (χ4v) is 5.57. The zero-order chi connectivity index (χ0) is 28.2. The van der Waals surface area contributed by atoms with Gasteiger partial charge in [0.2, 0.25) is 5.91 Å². The molecule has 0 fully saturated rings. The van der Waals surface area contributed by atoms with E-state index < -0.39 is 18.0 Å². The largest absolute Gasteiger partial charge is 0.511 e. The van der Waals surface area contributed by atoms with Crippen LogP contribution in [0.3, 0.4) is 0 Å². The van der Waals surface area contributed by atoms with Gasteiger partial charge in [0.1, 0.15) is 18.4 Å². The highest BCUT2D eigenvalue weighted by Gasteiger charge is 2.34. The number of fused-ring (bicyclic) bond motifs is 3. The highest BCUT2D eigenvalue weighted by Crippen LogP contribution is 2.44. The minimum Gasteiger partial charge on any atom is -0.511 e. The molecule has 0 aromatic heterocycles. The lowest BCUT2D eigenvalue weighted by atomic mass is 9.75. The number of aliphatic hydroxyl groups is 1. The van der Waals surface area contributed by atoms with Crippen molar-refractivity contribution in [3.05, 3.63) is 71.0 Å². The average molecular weight is 532 g/mol. The first-order valence-corrected chi connectivity index (χ1v) is 13.5. The number of allylic oxidation sites excluding steroid dienone is 2. The van der Waals surface area contributed by atoms with Crippen LogP contribution in [0.4, 0.5) is 4.79 Å². The van der Waals surface area contributed by atoms with Crippen LogP contribution in [-0.4, -0.2) is 47.8 Å². The Hall–Kier alpha value is -3.94. The third-order valence-corrected chi connectivity index (χ3v) is 7.41. The Morgan fingerprint density at radius 1 is 1.08 bits per heavy atom. The third kappa shape index (κ3) is 6.56. The van der Waals surface area contributed by atoms with Gasteiger partial charge in [-0.15, -0.1) is 0 Å². The molecule has 1 unspecified atom stereocenters. The van der Waals surface area contributed by atoms with Gasteiger partial charge in [0.25, 0.3) is 0 Å². The first-order chi connectivity index (χ1) is 18.6. The fraction of sp³-hybridized carbons (Fsp3) is 0.419. The summed E-state index contributed by atoms with van der Waals surface area (Å²) in [6, 6.07) is 15.5. The maximum atomic E-state index is 12.6. The molecule has 39 heavy (non-hydrogen) atoms. The maximum Gasteiger partial charge on any atom is 0.407 e. The number of amides is 2. The van der Waals surface area contributed by atoms with Crippen molar-refractivity contribution >= 4 is 23.5 Å². The van der Waals surface area contributed by atoms with Gasteiger partial charge >= 0.3 is 6.09 Å². The maximum absolute atomic E-state index is 12.6. The van der Waals surface area contributed by atoms with Gasteiger partial charge in [0.05, 0.1) is 5.57 Å². The summed E-state index contributed by atoms with van der Waals surface area (Å²) in [7, 11) is 0. The lowest BCUT2D eigenvalue weighted by Gasteiger charge is -2.29. The minimum absolute atomic E-state index is 0.00255. The molecule has 8 nitrogen and oxygen atoms in total. The number of ketones is 1. The number of unbranched alkanes of at least 4 members (excludes halogenated alkanes) is 1. The normalized spacial score (nSPS) is 17.4. The Labute approximate surface area is 229 Å². The predicted molar refractivity (Wildman–Crippen MR) is 151 cm³/mol. The van der Waals surface area contributed by atoms with Crippen LogP contribution in [0.1, 0.15) is 69.9 Å². The average Bonchev–Trinajstić information content (AvgIpc) is 3.19. The molecule has 2 aliphatic rings. The number of nitrogens with two attached hydrogens (primary N) is 1. The molecule has 0 heterocycles. The number of hydrogen-bond acceptors (Lipinski definition) is 6. The number of carbonyl (C=O) groups is 3. The molecule has 4 N–H and O–H groups in total. The van der Waals surface area contributed by atoms with Crippen molar-refractivity contribution in [2.45, 2.75) is 64.8 Å². The van der Waals surface area contributed by atoms with Gasteiger partial charge in [-0.1, -0.05) is 62.4 Å². The molecule has 4 rings (SSSR count). The van der Waals surface area contributed by atoms with Crippen molar-refractivity contribution in [1.82, 2.24) is 5.32 Å². The molecule has 0 saturated heterocycles. The number of carbonyl (C=O) groups excluding carboxylic acids is 3. The third-order valence-electron chi connectivity index (χ3n) is 7.41. The van der Waals surface area contributed by atoms with Crippen molar-refractivity contribution in [3.63, 3.8) is 0 Å². The minimum atomic E-state index is -0.817. The highest BCUT2D eigenvalue weighted by molar-refractivity contribution is 6.22. The van der Waals surface area contributed by atoms with E-state index in [9.17, 15) is 19.5 Å². The van der Waals surface area contributed by atoms with E-state index in [2.05, 4.69) is 34.6 Å². The summed E-state index contributed by atoms with van der Waals surface area (Å²) in [6.45, 7) is 6.09. The summed E-state index contributed by atoms with van der Waals surface area (Å²) in [5.41, 5.74) is 10.4. The van der Waals surface area contributed by atoms with Gasteiger partial charge in [-0.25, -0.2) is 4.79 Å². The lowest BCUT2D eigenvalue weighted by Crippen LogP contribution is -2.31. The second kappa shape index (κ2) is 11.8. The lowest BCUT2D eigenvalue weighted by molar-refractivity contribution is -0.119. The van der Waals surface area contributed by atoms with E-state index >= 15 is 0 Å². The van der Waals surface area contributed by atoms with Gasteiger partial charge in [0.15, 0.2) is 5.78 Å². The predicted octanol–water partition coefficient (Wildman–Crippen LogP) is 5.21. The molecule has 0 spiro atoms. The van der Waals surface area contributed by atoms with Gasteiger partial charge < -0.3 is 20.9 Å². The van der Waals surface area contributed by atoms with Crippen LogP contribution in [0.5, 0.6) is 0 Å². The number of primary amides is 1. The van der Waals surface area contributed by atoms with Crippen molar-refractivity contribution in [2.24, 2.45) is 16.1 Å². The number of aliphatic hydroxyl groups excluding tert-OH is 1. The first-order valence-electron chi connectivity index (χ1n) is 13.5. The van der Waals surface area contributed by atoms with Crippen LogP contribution >= 0.6 is 0 Å². The fourth-order valence-electron chi connectivity index (χ4n) is 5.57. The second-order valence-electron chi connectivity index (χ2n) is 11.1. The molecule has 0 aliphatic heterocycles. The van der Waals surface area contributed by atoms with Crippen LogP contribution in [0.15, 0.2) is 64.9 Å². The monoisotopic (exact) mass is 531 g/mol. The molecular formula is C31H37N3O5.